The smallest absolute Gasteiger partial charge is 0.255 e. The van der Waals surface area contributed by atoms with E-state index < -0.39 is 5.82 Å². The molecule has 0 spiro atoms. The van der Waals surface area contributed by atoms with Crippen LogP contribution in [0.25, 0.3) is 0 Å². The number of ether oxygens (including phenoxy) is 1. The zero-order valence-electron chi connectivity index (χ0n) is 12.2. The number of carbonyl (C=O) groups excluding carboxylic acids is 1. The quantitative estimate of drug-likeness (QED) is 0.767. The molecule has 6 heteroatoms. The summed E-state index contributed by atoms with van der Waals surface area (Å²) in [4.78, 5) is 16.0. The van der Waals surface area contributed by atoms with Gasteiger partial charge in [-0.2, -0.15) is 0 Å². The molecule has 1 aromatic heterocycles. The fraction of sp³-hybridized carbons (Fsp3) is 0.571. The van der Waals surface area contributed by atoms with Crippen molar-refractivity contribution in [1.82, 2.24) is 10.3 Å². The molecule has 20 heavy (non-hydrogen) atoms. The zero-order valence-corrected chi connectivity index (χ0v) is 12.2. The van der Waals surface area contributed by atoms with Crippen molar-refractivity contribution in [2.75, 3.05) is 25.0 Å². The van der Waals surface area contributed by atoms with Crippen molar-refractivity contribution < 1.29 is 13.9 Å². The van der Waals surface area contributed by atoms with Crippen LogP contribution in [0.2, 0.25) is 0 Å². The molecule has 1 amide bonds. The Hall–Kier alpha value is -1.69. The summed E-state index contributed by atoms with van der Waals surface area (Å²) < 4.78 is 18.6. The summed E-state index contributed by atoms with van der Waals surface area (Å²) in [5.74, 6) is -0.493. The number of aromatic nitrogens is 1. The van der Waals surface area contributed by atoms with Crippen LogP contribution >= 0.6 is 0 Å². The minimum atomic E-state index is -0.532. The lowest BCUT2D eigenvalue weighted by Gasteiger charge is -2.14. The van der Waals surface area contributed by atoms with Crippen molar-refractivity contribution in [3.63, 3.8) is 0 Å². The first-order valence-electron chi connectivity index (χ1n) is 6.87. The van der Waals surface area contributed by atoms with Gasteiger partial charge in [-0.1, -0.05) is 6.92 Å². The van der Waals surface area contributed by atoms with Gasteiger partial charge in [0.15, 0.2) is 0 Å². The molecule has 0 fully saturated rings. The fourth-order valence-electron chi connectivity index (χ4n) is 1.67. The van der Waals surface area contributed by atoms with Crippen LogP contribution in [0, 0.1) is 5.82 Å². The van der Waals surface area contributed by atoms with E-state index in [4.69, 9.17) is 4.74 Å². The van der Waals surface area contributed by atoms with Gasteiger partial charge in [-0.05, 0) is 26.3 Å². The Bertz CT molecular complexity index is 440. The number of halogens is 1. The van der Waals surface area contributed by atoms with Crippen LogP contribution in [0.1, 0.15) is 37.6 Å². The Labute approximate surface area is 118 Å². The van der Waals surface area contributed by atoms with Gasteiger partial charge in [0.05, 0.1) is 17.9 Å². The molecule has 1 rings (SSSR count). The van der Waals surface area contributed by atoms with Crippen LogP contribution in [-0.4, -0.2) is 36.7 Å². The highest BCUT2D eigenvalue weighted by Crippen LogP contribution is 2.13. The van der Waals surface area contributed by atoms with Crippen LogP contribution in [0.15, 0.2) is 12.3 Å². The molecule has 0 aliphatic carbocycles. The van der Waals surface area contributed by atoms with Crippen molar-refractivity contribution in [1.29, 1.82) is 0 Å². The van der Waals surface area contributed by atoms with Crippen molar-refractivity contribution >= 4 is 11.7 Å². The van der Waals surface area contributed by atoms with E-state index in [0.717, 1.165) is 12.6 Å². The first kappa shape index (κ1) is 16.4. The first-order valence-corrected chi connectivity index (χ1v) is 6.87. The molecule has 112 valence electrons. The molecule has 0 aliphatic heterocycles. The van der Waals surface area contributed by atoms with Gasteiger partial charge in [-0.25, -0.2) is 9.37 Å². The Kier molecular flexibility index (Phi) is 6.93. The molecule has 0 saturated heterocycles. The topological polar surface area (TPSA) is 63.2 Å². The summed E-state index contributed by atoms with van der Waals surface area (Å²) in [7, 11) is 0. The lowest BCUT2D eigenvalue weighted by Crippen LogP contribution is -2.32. The van der Waals surface area contributed by atoms with Crippen LogP contribution in [0.5, 0.6) is 0 Å². The van der Waals surface area contributed by atoms with Gasteiger partial charge >= 0.3 is 0 Å². The maximum absolute atomic E-state index is 13.3. The van der Waals surface area contributed by atoms with Crippen LogP contribution < -0.4 is 10.6 Å². The average Bonchev–Trinajstić information content (AvgIpc) is 2.43. The maximum Gasteiger partial charge on any atom is 0.255 e. The highest BCUT2D eigenvalue weighted by molar-refractivity contribution is 5.98. The van der Waals surface area contributed by atoms with E-state index in [0.29, 0.717) is 25.5 Å². The number of hydrogen-bond donors (Lipinski definition) is 2. The zero-order chi connectivity index (χ0) is 15.0. The van der Waals surface area contributed by atoms with E-state index in [2.05, 4.69) is 15.6 Å². The molecule has 0 aromatic carbocycles. The number of amides is 1. The number of anilines is 1. The van der Waals surface area contributed by atoms with Gasteiger partial charge in [0.2, 0.25) is 0 Å². The van der Waals surface area contributed by atoms with Crippen molar-refractivity contribution in [3.05, 3.63) is 23.6 Å². The molecular formula is C14H22FN3O2. The molecule has 0 aliphatic rings. The monoisotopic (exact) mass is 283 g/mol. The highest BCUT2D eigenvalue weighted by atomic mass is 19.1. The van der Waals surface area contributed by atoms with E-state index >= 15 is 0 Å². The SMILES string of the molecule is CCCNc1ncc(F)cc1C(=O)NCC(C)OCC. The van der Waals surface area contributed by atoms with E-state index in [1.54, 1.807) is 0 Å². The largest absolute Gasteiger partial charge is 0.377 e. The number of rotatable bonds is 8. The Morgan fingerprint density at radius 2 is 2.25 bits per heavy atom. The summed E-state index contributed by atoms with van der Waals surface area (Å²) in [5.41, 5.74) is 0.210. The first-order chi connectivity index (χ1) is 9.58. The second-order valence-electron chi connectivity index (χ2n) is 4.45. The minimum absolute atomic E-state index is 0.0856. The van der Waals surface area contributed by atoms with Gasteiger partial charge in [0, 0.05) is 19.7 Å². The van der Waals surface area contributed by atoms with Gasteiger partial charge in [0.1, 0.15) is 11.6 Å². The Morgan fingerprint density at radius 3 is 2.90 bits per heavy atom. The number of carbonyl (C=O) groups is 1. The molecule has 0 saturated carbocycles. The predicted molar refractivity (Wildman–Crippen MR) is 76.4 cm³/mol. The summed E-state index contributed by atoms with van der Waals surface area (Å²) in [6.45, 7) is 7.39. The van der Waals surface area contributed by atoms with Crippen molar-refractivity contribution in [2.45, 2.75) is 33.3 Å². The summed E-state index contributed by atoms with van der Waals surface area (Å²) in [6.07, 6.45) is 1.90. The third kappa shape index (κ3) is 5.13. The molecule has 0 bridgehead atoms. The third-order valence-electron chi connectivity index (χ3n) is 2.64. The highest BCUT2D eigenvalue weighted by Gasteiger charge is 2.14. The van der Waals surface area contributed by atoms with Gasteiger partial charge in [0.25, 0.3) is 5.91 Å². The fourth-order valence-corrected chi connectivity index (χ4v) is 1.67. The minimum Gasteiger partial charge on any atom is -0.377 e. The number of hydrogen-bond acceptors (Lipinski definition) is 4. The molecule has 1 atom stereocenters. The van der Waals surface area contributed by atoms with Crippen LogP contribution in [0.3, 0.4) is 0 Å². The molecule has 0 radical (unpaired) electrons. The normalized spacial score (nSPS) is 12.0. The Balaban J connectivity index is 2.72. The molecule has 2 N–H and O–H groups in total. The number of nitrogens with zero attached hydrogens (tertiary/aromatic N) is 1. The second kappa shape index (κ2) is 8.47. The van der Waals surface area contributed by atoms with Crippen molar-refractivity contribution in [3.8, 4) is 0 Å². The van der Waals surface area contributed by atoms with Gasteiger partial charge < -0.3 is 15.4 Å². The number of nitrogens with one attached hydrogen (secondary N) is 2. The Morgan fingerprint density at radius 1 is 1.50 bits per heavy atom. The van der Waals surface area contributed by atoms with Gasteiger partial charge in [-0.3, -0.25) is 4.79 Å². The second-order valence-corrected chi connectivity index (χ2v) is 4.45. The molecule has 1 heterocycles. The summed E-state index contributed by atoms with van der Waals surface area (Å²) in [5, 5.41) is 5.73. The molecule has 1 unspecified atom stereocenters. The van der Waals surface area contributed by atoms with E-state index in [1.165, 1.54) is 6.07 Å². The standard InChI is InChI=1S/C14H22FN3O2/c1-4-6-16-13-12(7-11(15)9-17-13)14(19)18-8-10(3)20-5-2/h7,9-10H,4-6,8H2,1-3H3,(H,16,17)(H,18,19). The van der Waals surface area contributed by atoms with E-state index in [1.807, 2.05) is 20.8 Å². The van der Waals surface area contributed by atoms with Crippen LogP contribution in [0.4, 0.5) is 10.2 Å². The van der Waals surface area contributed by atoms with Gasteiger partial charge in [-0.15, -0.1) is 0 Å². The molecular weight excluding hydrogens is 261 g/mol. The lowest BCUT2D eigenvalue weighted by molar-refractivity contribution is 0.0695. The lowest BCUT2D eigenvalue weighted by atomic mass is 10.2. The summed E-state index contributed by atoms with van der Waals surface area (Å²) >= 11 is 0. The summed E-state index contributed by atoms with van der Waals surface area (Å²) in [6, 6.07) is 1.19. The third-order valence-corrected chi connectivity index (χ3v) is 2.64. The molecule has 1 aromatic rings. The van der Waals surface area contributed by atoms with Crippen molar-refractivity contribution in [2.24, 2.45) is 0 Å². The predicted octanol–water partition coefficient (Wildman–Crippen LogP) is 2.20. The molecule has 5 nitrogen and oxygen atoms in total. The maximum atomic E-state index is 13.3. The van der Waals surface area contributed by atoms with Crippen LogP contribution in [-0.2, 0) is 4.74 Å². The average molecular weight is 283 g/mol. The van der Waals surface area contributed by atoms with E-state index in [-0.39, 0.29) is 17.6 Å². The number of pyridine rings is 1. The van der Waals surface area contributed by atoms with E-state index in [9.17, 15) is 9.18 Å².